The number of pyridine rings is 1. The molecule has 0 radical (unpaired) electrons. The van der Waals surface area contributed by atoms with Crippen LogP contribution >= 0.6 is 12.2 Å². The van der Waals surface area contributed by atoms with Gasteiger partial charge in [-0.15, -0.1) is 0 Å². The topological polar surface area (TPSA) is 74.8 Å². The van der Waals surface area contributed by atoms with Crippen molar-refractivity contribution in [2.45, 2.75) is 6.61 Å². The lowest BCUT2D eigenvalue weighted by molar-refractivity contribution is -0.576. The highest BCUT2D eigenvalue weighted by atomic mass is 32.1. The van der Waals surface area contributed by atoms with Gasteiger partial charge in [-0.05, 0) is 36.4 Å². The number of benzene rings is 2. The summed E-state index contributed by atoms with van der Waals surface area (Å²) in [7, 11) is 0. The zero-order valence-electron chi connectivity index (χ0n) is 16.1. The van der Waals surface area contributed by atoms with E-state index < -0.39 is 0 Å². The summed E-state index contributed by atoms with van der Waals surface area (Å²) in [5, 5.41) is 23.9. The van der Waals surface area contributed by atoms with Gasteiger partial charge in [0.1, 0.15) is 13.2 Å². The molecule has 152 valence electrons. The second-order valence-corrected chi connectivity index (χ2v) is 7.06. The maximum atomic E-state index is 11.2. The molecule has 2 heterocycles. The number of nitrogens with one attached hydrogen (secondary N) is 1. The predicted octanol–water partition coefficient (Wildman–Crippen LogP) is 3.56. The standard InChI is InChI=1S/C23H20N2O4S/c26-15-16-5-4-10-25(14-16)21(23(30)24-18-6-2-1-3-7-18)22(27)17-8-9-19-20(13-17)29-12-11-28-19/h1-10,13-14,26H,11-12,15H2,(H-,24,27,30)/p+1. The van der Waals surface area contributed by atoms with Crippen molar-refractivity contribution in [3.8, 4) is 11.5 Å². The minimum Gasteiger partial charge on any atom is -0.502 e. The van der Waals surface area contributed by atoms with Crippen molar-refractivity contribution in [1.29, 1.82) is 0 Å². The van der Waals surface area contributed by atoms with Crippen molar-refractivity contribution in [3.63, 3.8) is 0 Å². The molecule has 6 nitrogen and oxygen atoms in total. The molecule has 7 heteroatoms. The molecule has 1 aliphatic heterocycles. The van der Waals surface area contributed by atoms with E-state index in [1.54, 1.807) is 47.3 Å². The number of hydrogen-bond acceptors (Lipinski definition) is 5. The van der Waals surface area contributed by atoms with E-state index in [9.17, 15) is 10.2 Å². The second kappa shape index (κ2) is 8.94. The summed E-state index contributed by atoms with van der Waals surface area (Å²) in [6.07, 6.45) is 3.49. The highest BCUT2D eigenvalue weighted by Gasteiger charge is 2.25. The molecule has 0 bridgehead atoms. The Hall–Kier alpha value is -3.42. The Balaban J connectivity index is 1.80. The number of rotatable bonds is 5. The zero-order chi connectivity index (χ0) is 20.9. The van der Waals surface area contributed by atoms with Crippen molar-refractivity contribution >= 4 is 34.3 Å². The quantitative estimate of drug-likeness (QED) is 0.253. The molecule has 1 aromatic heterocycles. The highest BCUT2D eigenvalue weighted by Crippen LogP contribution is 2.33. The fourth-order valence-corrected chi connectivity index (χ4v) is 3.46. The third-order valence-corrected chi connectivity index (χ3v) is 4.88. The molecule has 0 atom stereocenters. The lowest BCUT2D eigenvalue weighted by Crippen LogP contribution is -2.39. The van der Waals surface area contributed by atoms with Crippen molar-refractivity contribution in [2.24, 2.45) is 0 Å². The molecule has 4 rings (SSSR count). The molecule has 3 aromatic rings. The van der Waals surface area contributed by atoms with Gasteiger partial charge in [0.05, 0.1) is 6.61 Å². The number of anilines is 1. The largest absolute Gasteiger partial charge is 0.502 e. The Morgan fingerprint density at radius 1 is 1.00 bits per heavy atom. The zero-order valence-corrected chi connectivity index (χ0v) is 16.9. The number of nitrogens with zero attached hydrogens (tertiary/aromatic N) is 1. The van der Waals surface area contributed by atoms with Crippen LogP contribution in [0.3, 0.4) is 0 Å². The first-order chi connectivity index (χ1) is 14.7. The number of ether oxygens (including phenoxy) is 2. The Bertz CT molecular complexity index is 1100. The van der Waals surface area contributed by atoms with E-state index in [-0.39, 0.29) is 12.4 Å². The van der Waals surface area contributed by atoms with Gasteiger partial charge >= 0.3 is 0 Å². The monoisotopic (exact) mass is 421 g/mol. The maximum absolute atomic E-state index is 11.2. The van der Waals surface area contributed by atoms with Crippen LogP contribution in [0.25, 0.3) is 11.5 Å². The summed E-state index contributed by atoms with van der Waals surface area (Å²) in [5.41, 5.74) is 2.40. The Morgan fingerprint density at radius 2 is 1.77 bits per heavy atom. The minimum atomic E-state index is -0.127. The van der Waals surface area contributed by atoms with Gasteiger partial charge in [0, 0.05) is 22.9 Å². The van der Waals surface area contributed by atoms with Crippen LogP contribution in [0, 0.1) is 0 Å². The summed E-state index contributed by atoms with van der Waals surface area (Å²) in [6.45, 7) is 0.821. The fourth-order valence-electron chi connectivity index (χ4n) is 3.14. The van der Waals surface area contributed by atoms with E-state index in [1.807, 2.05) is 30.3 Å². The van der Waals surface area contributed by atoms with Crippen molar-refractivity contribution in [2.75, 3.05) is 18.5 Å². The van der Waals surface area contributed by atoms with Crippen molar-refractivity contribution in [1.82, 2.24) is 0 Å². The lowest BCUT2D eigenvalue weighted by Gasteiger charge is -2.19. The number of hydrogen-bond donors (Lipinski definition) is 3. The van der Waals surface area contributed by atoms with Gasteiger partial charge in [-0.2, -0.15) is 4.57 Å². The van der Waals surface area contributed by atoms with E-state index in [0.717, 1.165) is 5.69 Å². The molecule has 3 N–H and O–H groups in total. The summed E-state index contributed by atoms with van der Waals surface area (Å²) in [5.74, 6) is 1.18. The number of thiocarbonyl (C=S) groups is 1. The lowest BCUT2D eigenvalue weighted by atomic mass is 10.1. The summed E-state index contributed by atoms with van der Waals surface area (Å²) < 4.78 is 12.9. The number of aliphatic hydroxyl groups excluding tert-OH is 2. The first kappa shape index (κ1) is 19.9. The average Bonchev–Trinajstić information content (AvgIpc) is 2.79. The van der Waals surface area contributed by atoms with E-state index in [4.69, 9.17) is 21.7 Å². The summed E-state index contributed by atoms with van der Waals surface area (Å²) in [6, 6.07) is 18.3. The third-order valence-electron chi connectivity index (χ3n) is 4.59. The maximum Gasteiger partial charge on any atom is 0.288 e. The van der Waals surface area contributed by atoms with Crippen LogP contribution in [0.15, 0.2) is 73.1 Å². The molecule has 0 aliphatic carbocycles. The molecule has 0 spiro atoms. The van der Waals surface area contributed by atoms with E-state index in [1.165, 1.54) is 0 Å². The van der Waals surface area contributed by atoms with E-state index >= 15 is 0 Å². The van der Waals surface area contributed by atoms with Crippen molar-refractivity contribution < 1.29 is 24.3 Å². The molecule has 30 heavy (non-hydrogen) atoms. The van der Waals surface area contributed by atoms with Gasteiger partial charge in [-0.1, -0.05) is 30.4 Å². The minimum absolute atomic E-state index is 0.0273. The van der Waals surface area contributed by atoms with Crippen LogP contribution < -0.4 is 19.4 Å². The van der Waals surface area contributed by atoms with E-state index in [2.05, 4.69) is 5.32 Å². The Kier molecular flexibility index (Phi) is 5.92. The molecule has 0 saturated carbocycles. The van der Waals surface area contributed by atoms with Crippen molar-refractivity contribution in [3.05, 3.63) is 84.2 Å². The van der Waals surface area contributed by atoms with Gasteiger partial charge < -0.3 is 25.0 Å². The highest BCUT2D eigenvalue weighted by molar-refractivity contribution is 7.81. The molecule has 0 amide bonds. The van der Waals surface area contributed by atoms with Crippen LogP contribution in [0.5, 0.6) is 11.5 Å². The van der Waals surface area contributed by atoms with Crippen LogP contribution in [-0.2, 0) is 6.61 Å². The van der Waals surface area contributed by atoms with Crippen LogP contribution in [0.4, 0.5) is 5.69 Å². The molecule has 0 fully saturated rings. The van der Waals surface area contributed by atoms with Crippen LogP contribution in [-0.4, -0.2) is 28.4 Å². The molecule has 0 unspecified atom stereocenters. The fraction of sp³-hybridized carbons (Fsp3) is 0.130. The molecular weight excluding hydrogens is 400 g/mol. The first-order valence-corrected chi connectivity index (χ1v) is 9.87. The van der Waals surface area contributed by atoms with Gasteiger partial charge in [-0.25, -0.2) is 0 Å². The number of para-hydroxylation sites is 1. The third kappa shape index (κ3) is 4.27. The Morgan fingerprint density at radius 3 is 2.53 bits per heavy atom. The first-order valence-electron chi connectivity index (χ1n) is 9.47. The molecular formula is C23H21N2O4S+. The summed E-state index contributed by atoms with van der Waals surface area (Å²) in [4.78, 5) is 0.327. The van der Waals surface area contributed by atoms with Gasteiger partial charge in [0.15, 0.2) is 34.6 Å². The van der Waals surface area contributed by atoms with Crippen LogP contribution in [0.2, 0.25) is 0 Å². The second-order valence-electron chi connectivity index (χ2n) is 6.65. The predicted molar refractivity (Wildman–Crippen MR) is 118 cm³/mol. The Labute approximate surface area is 179 Å². The SMILES string of the molecule is OCc1ccc[n+](/C(C(=S)Nc2ccccc2)=C(/O)c2ccc3c(c2)OCCO3)c1. The molecule has 2 aromatic carbocycles. The van der Waals surface area contributed by atoms with Gasteiger partial charge in [0.2, 0.25) is 0 Å². The van der Waals surface area contributed by atoms with E-state index in [0.29, 0.717) is 46.5 Å². The number of aromatic nitrogens is 1. The molecule has 1 aliphatic rings. The van der Waals surface area contributed by atoms with Crippen LogP contribution in [0.1, 0.15) is 11.1 Å². The van der Waals surface area contributed by atoms with Gasteiger partial charge in [0.25, 0.3) is 5.70 Å². The number of fused-ring (bicyclic) bond motifs is 1. The molecule has 0 saturated heterocycles. The summed E-state index contributed by atoms with van der Waals surface area (Å²) >= 11 is 5.65. The normalized spacial score (nSPS) is 13.4. The smallest absolute Gasteiger partial charge is 0.288 e. The average molecular weight is 421 g/mol. The van der Waals surface area contributed by atoms with Gasteiger partial charge in [-0.3, -0.25) is 0 Å². The number of aliphatic hydroxyl groups is 2.